The molecule has 66 valence electrons. The molecule has 0 saturated carbocycles. The number of alkyl halides is 1. The maximum Gasteiger partial charge on any atom is 0.123 e. The van der Waals surface area contributed by atoms with E-state index in [1.54, 1.807) is 0 Å². The lowest BCUT2D eigenvalue weighted by molar-refractivity contribution is 0.0349. The number of hydrogen-bond donors (Lipinski definition) is 1. The van der Waals surface area contributed by atoms with Crippen LogP contribution in [0.4, 0.5) is 4.39 Å². The van der Waals surface area contributed by atoms with E-state index >= 15 is 0 Å². The van der Waals surface area contributed by atoms with E-state index in [-0.39, 0.29) is 6.61 Å². The van der Waals surface area contributed by atoms with Crippen LogP contribution in [-0.4, -0.2) is 31.1 Å². The van der Waals surface area contributed by atoms with Crippen molar-refractivity contribution in [2.45, 2.75) is 25.4 Å². The Labute approximate surface area is 66.4 Å². The third-order valence-corrected chi connectivity index (χ3v) is 2.04. The van der Waals surface area contributed by atoms with Crippen LogP contribution in [0.1, 0.15) is 19.3 Å². The van der Waals surface area contributed by atoms with Crippen molar-refractivity contribution in [2.24, 2.45) is 5.92 Å². The van der Waals surface area contributed by atoms with Crippen molar-refractivity contribution >= 4 is 0 Å². The van der Waals surface area contributed by atoms with Crippen molar-refractivity contribution in [3.05, 3.63) is 0 Å². The topological polar surface area (TPSA) is 29.5 Å². The second-order valence-corrected chi connectivity index (χ2v) is 3.10. The Kier molecular flexibility index (Phi) is 3.80. The van der Waals surface area contributed by atoms with Crippen LogP contribution in [0.3, 0.4) is 0 Å². The minimum Gasteiger partial charge on any atom is -0.393 e. The molecule has 1 rings (SSSR count). The highest BCUT2D eigenvalue weighted by Gasteiger charge is 2.18. The summed E-state index contributed by atoms with van der Waals surface area (Å²) in [5.41, 5.74) is 0. The molecule has 1 aliphatic rings. The van der Waals surface area contributed by atoms with Gasteiger partial charge in [0.15, 0.2) is 0 Å². The van der Waals surface area contributed by atoms with E-state index in [0.29, 0.717) is 18.9 Å². The van der Waals surface area contributed by atoms with Crippen molar-refractivity contribution in [3.63, 3.8) is 0 Å². The van der Waals surface area contributed by atoms with Crippen molar-refractivity contribution in [3.8, 4) is 0 Å². The molecule has 1 fully saturated rings. The SMILES string of the molecule is OC[C@H](F)C[C@@H]1CCCOC1. The third-order valence-electron chi connectivity index (χ3n) is 2.04. The molecule has 2 atom stereocenters. The standard InChI is InChI=1S/C8H15FO2/c9-8(5-10)4-7-2-1-3-11-6-7/h7-8,10H,1-6H2/t7-,8+/m0/s1. The second-order valence-electron chi connectivity index (χ2n) is 3.10. The first-order chi connectivity index (χ1) is 5.33. The van der Waals surface area contributed by atoms with Gasteiger partial charge in [0.2, 0.25) is 0 Å². The molecule has 11 heavy (non-hydrogen) atoms. The Balaban J connectivity index is 2.13. The van der Waals surface area contributed by atoms with Gasteiger partial charge in [-0.15, -0.1) is 0 Å². The van der Waals surface area contributed by atoms with E-state index < -0.39 is 6.17 Å². The highest BCUT2D eigenvalue weighted by Crippen LogP contribution is 2.19. The summed E-state index contributed by atoms with van der Waals surface area (Å²) in [7, 11) is 0. The molecular formula is C8H15FO2. The first kappa shape index (κ1) is 8.94. The summed E-state index contributed by atoms with van der Waals surface area (Å²) in [6, 6.07) is 0. The maximum atomic E-state index is 12.6. The van der Waals surface area contributed by atoms with Gasteiger partial charge in [0.05, 0.1) is 6.61 Å². The average molecular weight is 162 g/mol. The third kappa shape index (κ3) is 3.16. The monoisotopic (exact) mass is 162 g/mol. The van der Waals surface area contributed by atoms with Gasteiger partial charge >= 0.3 is 0 Å². The number of aliphatic hydroxyl groups is 1. The Morgan fingerprint density at radius 3 is 3.00 bits per heavy atom. The molecular weight excluding hydrogens is 147 g/mol. The predicted molar refractivity (Wildman–Crippen MR) is 40.1 cm³/mol. The van der Waals surface area contributed by atoms with Crippen LogP contribution >= 0.6 is 0 Å². The first-order valence-electron chi connectivity index (χ1n) is 4.15. The quantitative estimate of drug-likeness (QED) is 0.674. The van der Waals surface area contributed by atoms with E-state index in [9.17, 15) is 4.39 Å². The predicted octanol–water partition coefficient (Wildman–Crippen LogP) is 1.13. The van der Waals surface area contributed by atoms with E-state index in [1.807, 2.05) is 0 Å². The zero-order chi connectivity index (χ0) is 8.10. The van der Waals surface area contributed by atoms with Gasteiger partial charge in [0.25, 0.3) is 0 Å². The van der Waals surface area contributed by atoms with E-state index in [4.69, 9.17) is 9.84 Å². The van der Waals surface area contributed by atoms with Gasteiger partial charge in [-0.05, 0) is 25.2 Å². The van der Waals surface area contributed by atoms with Crippen molar-refractivity contribution in [1.29, 1.82) is 0 Å². The highest BCUT2D eigenvalue weighted by molar-refractivity contribution is 4.67. The van der Waals surface area contributed by atoms with Crippen LogP contribution < -0.4 is 0 Å². The summed E-state index contributed by atoms with van der Waals surface area (Å²) < 4.78 is 17.8. The molecule has 0 aromatic rings. The molecule has 0 spiro atoms. The fraction of sp³-hybridized carbons (Fsp3) is 1.00. The van der Waals surface area contributed by atoms with Gasteiger partial charge in [-0.1, -0.05) is 0 Å². The zero-order valence-electron chi connectivity index (χ0n) is 6.63. The number of rotatable bonds is 3. The van der Waals surface area contributed by atoms with E-state index in [0.717, 1.165) is 19.4 Å². The second kappa shape index (κ2) is 4.67. The van der Waals surface area contributed by atoms with Crippen molar-refractivity contribution < 1.29 is 14.2 Å². The van der Waals surface area contributed by atoms with Crippen LogP contribution in [0.15, 0.2) is 0 Å². The summed E-state index contributed by atoms with van der Waals surface area (Å²) in [5.74, 6) is 0.325. The summed E-state index contributed by atoms with van der Waals surface area (Å²) in [6.45, 7) is 1.13. The molecule has 0 aliphatic carbocycles. The lowest BCUT2D eigenvalue weighted by atomic mass is 9.96. The number of halogens is 1. The molecule has 0 amide bonds. The number of ether oxygens (including phenoxy) is 1. The van der Waals surface area contributed by atoms with Crippen LogP contribution in [0.25, 0.3) is 0 Å². The molecule has 1 heterocycles. The number of hydrogen-bond acceptors (Lipinski definition) is 2. The molecule has 1 N–H and O–H groups in total. The Bertz CT molecular complexity index is 102. The zero-order valence-corrected chi connectivity index (χ0v) is 6.63. The Hall–Kier alpha value is -0.150. The van der Waals surface area contributed by atoms with Crippen LogP contribution in [0.5, 0.6) is 0 Å². The number of aliphatic hydroxyl groups excluding tert-OH is 1. The van der Waals surface area contributed by atoms with Gasteiger partial charge in [-0.25, -0.2) is 4.39 Å². The average Bonchev–Trinajstić information content (AvgIpc) is 2.06. The molecule has 2 nitrogen and oxygen atoms in total. The summed E-state index contributed by atoms with van der Waals surface area (Å²) in [5, 5.41) is 8.45. The normalized spacial score (nSPS) is 28.4. The Morgan fingerprint density at radius 1 is 1.64 bits per heavy atom. The lowest BCUT2D eigenvalue weighted by Gasteiger charge is -2.22. The molecule has 0 unspecified atom stereocenters. The van der Waals surface area contributed by atoms with Gasteiger partial charge in [-0.3, -0.25) is 0 Å². The lowest BCUT2D eigenvalue weighted by Crippen LogP contribution is -2.22. The molecule has 1 aliphatic heterocycles. The van der Waals surface area contributed by atoms with Crippen LogP contribution in [0.2, 0.25) is 0 Å². The first-order valence-corrected chi connectivity index (χ1v) is 4.15. The summed E-state index contributed by atoms with van der Waals surface area (Å²) in [6.07, 6.45) is 1.47. The minimum atomic E-state index is -1.05. The smallest absolute Gasteiger partial charge is 0.123 e. The summed E-state index contributed by atoms with van der Waals surface area (Å²) in [4.78, 5) is 0. The fourth-order valence-corrected chi connectivity index (χ4v) is 1.43. The van der Waals surface area contributed by atoms with Gasteiger partial charge in [0.1, 0.15) is 6.17 Å². The molecule has 0 radical (unpaired) electrons. The van der Waals surface area contributed by atoms with Crippen LogP contribution in [0, 0.1) is 5.92 Å². The van der Waals surface area contributed by atoms with Crippen LogP contribution in [-0.2, 0) is 4.74 Å². The summed E-state index contributed by atoms with van der Waals surface area (Å²) >= 11 is 0. The maximum absolute atomic E-state index is 12.6. The largest absolute Gasteiger partial charge is 0.393 e. The van der Waals surface area contributed by atoms with Gasteiger partial charge in [0, 0.05) is 13.2 Å². The fourth-order valence-electron chi connectivity index (χ4n) is 1.43. The van der Waals surface area contributed by atoms with Crippen molar-refractivity contribution in [2.75, 3.05) is 19.8 Å². The highest BCUT2D eigenvalue weighted by atomic mass is 19.1. The molecule has 3 heteroatoms. The minimum absolute atomic E-state index is 0.325. The Morgan fingerprint density at radius 2 is 2.45 bits per heavy atom. The molecule has 0 aromatic carbocycles. The molecule has 0 aromatic heterocycles. The van der Waals surface area contributed by atoms with Crippen molar-refractivity contribution in [1.82, 2.24) is 0 Å². The van der Waals surface area contributed by atoms with Gasteiger partial charge in [-0.2, -0.15) is 0 Å². The molecule has 1 saturated heterocycles. The molecule has 0 bridgehead atoms. The van der Waals surface area contributed by atoms with E-state index in [1.165, 1.54) is 0 Å². The van der Waals surface area contributed by atoms with Gasteiger partial charge < -0.3 is 9.84 Å². The van der Waals surface area contributed by atoms with E-state index in [2.05, 4.69) is 0 Å².